The molecule has 84 valence electrons. The maximum absolute atomic E-state index is 11.9. The molecule has 0 fully saturated rings. The van der Waals surface area contributed by atoms with Gasteiger partial charge >= 0.3 is 0 Å². The lowest BCUT2D eigenvalue weighted by atomic mass is 9.88. The molecule has 1 unspecified atom stereocenters. The van der Waals surface area contributed by atoms with E-state index in [1.807, 2.05) is 19.9 Å². The van der Waals surface area contributed by atoms with Gasteiger partial charge in [0.15, 0.2) is 0 Å². The number of anilines is 1. The Kier molecular flexibility index (Phi) is 3.62. The molecule has 4 heteroatoms. The van der Waals surface area contributed by atoms with Gasteiger partial charge in [0.25, 0.3) is 0 Å². The molecular formula is C12H15N3O. The van der Waals surface area contributed by atoms with Crippen LogP contribution in [0.25, 0.3) is 0 Å². The molecular weight excluding hydrogens is 202 g/mol. The largest absolute Gasteiger partial charge is 0.325 e. The van der Waals surface area contributed by atoms with Crippen molar-refractivity contribution in [2.45, 2.75) is 27.2 Å². The van der Waals surface area contributed by atoms with Crippen LogP contribution in [0.4, 0.5) is 5.69 Å². The predicted molar refractivity (Wildman–Crippen MR) is 61.6 cm³/mol. The van der Waals surface area contributed by atoms with Crippen molar-refractivity contribution < 1.29 is 4.79 Å². The summed E-state index contributed by atoms with van der Waals surface area (Å²) in [5.41, 5.74) is 0.525. The lowest BCUT2D eigenvalue weighted by Crippen LogP contribution is -2.31. The number of nitrogens with one attached hydrogen (secondary N) is 1. The number of rotatable bonds is 3. The van der Waals surface area contributed by atoms with Crippen molar-refractivity contribution in [3.8, 4) is 6.07 Å². The SMILES string of the molecule is CCC(C)(C#N)C(=O)Nc1ccnc(C)c1. The molecule has 1 N–H and O–H groups in total. The Morgan fingerprint density at radius 2 is 2.38 bits per heavy atom. The normalized spacial score (nSPS) is 13.6. The second kappa shape index (κ2) is 4.75. The van der Waals surface area contributed by atoms with Crippen LogP contribution < -0.4 is 5.32 Å². The minimum atomic E-state index is -0.975. The van der Waals surface area contributed by atoms with Crippen LogP contribution in [0.2, 0.25) is 0 Å². The molecule has 1 aromatic rings. The van der Waals surface area contributed by atoms with Gasteiger partial charge in [-0.25, -0.2) is 0 Å². The number of hydrogen-bond donors (Lipinski definition) is 1. The van der Waals surface area contributed by atoms with E-state index >= 15 is 0 Å². The highest BCUT2D eigenvalue weighted by molar-refractivity contribution is 5.96. The molecule has 1 atom stereocenters. The fraction of sp³-hybridized carbons (Fsp3) is 0.417. The van der Waals surface area contributed by atoms with E-state index in [4.69, 9.17) is 5.26 Å². The molecule has 1 amide bonds. The predicted octanol–water partition coefficient (Wildman–Crippen LogP) is 2.27. The van der Waals surface area contributed by atoms with Crippen LogP contribution in [0, 0.1) is 23.7 Å². The number of carbonyl (C=O) groups excluding carboxylic acids is 1. The highest BCUT2D eigenvalue weighted by Crippen LogP contribution is 2.22. The van der Waals surface area contributed by atoms with E-state index in [0.717, 1.165) is 5.69 Å². The van der Waals surface area contributed by atoms with Crippen LogP contribution in [0.15, 0.2) is 18.3 Å². The molecule has 0 aliphatic rings. The number of hydrogen-bond acceptors (Lipinski definition) is 3. The highest BCUT2D eigenvalue weighted by atomic mass is 16.2. The van der Waals surface area contributed by atoms with E-state index < -0.39 is 5.41 Å². The van der Waals surface area contributed by atoms with E-state index in [0.29, 0.717) is 12.1 Å². The second-order valence-electron chi connectivity index (χ2n) is 3.94. The first-order valence-corrected chi connectivity index (χ1v) is 5.17. The Bertz CT molecular complexity index is 436. The molecule has 16 heavy (non-hydrogen) atoms. The van der Waals surface area contributed by atoms with Crippen molar-refractivity contribution in [2.24, 2.45) is 5.41 Å². The maximum atomic E-state index is 11.9. The monoisotopic (exact) mass is 217 g/mol. The fourth-order valence-electron chi connectivity index (χ4n) is 1.18. The van der Waals surface area contributed by atoms with Crippen molar-refractivity contribution in [1.82, 2.24) is 4.98 Å². The number of nitrogens with zero attached hydrogens (tertiary/aromatic N) is 2. The molecule has 1 heterocycles. The zero-order chi connectivity index (χ0) is 12.2. The summed E-state index contributed by atoms with van der Waals surface area (Å²) in [6.45, 7) is 5.30. The van der Waals surface area contributed by atoms with Crippen LogP contribution in [-0.4, -0.2) is 10.9 Å². The molecule has 0 saturated carbocycles. The van der Waals surface area contributed by atoms with Gasteiger partial charge in [0.1, 0.15) is 5.41 Å². The standard InChI is InChI=1S/C12H15N3O/c1-4-12(3,8-13)11(16)15-10-5-6-14-9(2)7-10/h5-7H,4H2,1-3H3,(H,14,15,16). The Labute approximate surface area is 95.3 Å². The third-order valence-corrected chi connectivity index (χ3v) is 2.61. The fourth-order valence-corrected chi connectivity index (χ4v) is 1.18. The third-order valence-electron chi connectivity index (χ3n) is 2.61. The number of nitriles is 1. The summed E-state index contributed by atoms with van der Waals surface area (Å²) in [5, 5.41) is 11.7. The molecule has 0 spiro atoms. The summed E-state index contributed by atoms with van der Waals surface area (Å²) in [7, 11) is 0. The third kappa shape index (κ3) is 2.57. The van der Waals surface area contributed by atoms with Crippen molar-refractivity contribution in [3.63, 3.8) is 0 Å². The number of aryl methyl sites for hydroxylation is 1. The quantitative estimate of drug-likeness (QED) is 0.844. The van der Waals surface area contributed by atoms with Crippen molar-refractivity contribution in [3.05, 3.63) is 24.0 Å². The van der Waals surface area contributed by atoms with Gasteiger partial charge in [0.2, 0.25) is 5.91 Å². The van der Waals surface area contributed by atoms with E-state index in [9.17, 15) is 4.79 Å². The molecule has 0 bridgehead atoms. The first kappa shape index (κ1) is 12.2. The molecule has 0 saturated heterocycles. The van der Waals surface area contributed by atoms with Crippen LogP contribution in [-0.2, 0) is 4.79 Å². The summed E-state index contributed by atoms with van der Waals surface area (Å²) in [5.74, 6) is -0.275. The number of aromatic nitrogens is 1. The number of pyridine rings is 1. The molecule has 0 aromatic carbocycles. The Hall–Kier alpha value is -1.89. The van der Waals surface area contributed by atoms with Crippen LogP contribution in [0.1, 0.15) is 26.0 Å². The summed E-state index contributed by atoms with van der Waals surface area (Å²) in [6, 6.07) is 5.51. The van der Waals surface area contributed by atoms with Gasteiger partial charge in [-0.15, -0.1) is 0 Å². The zero-order valence-electron chi connectivity index (χ0n) is 9.74. The molecule has 0 aliphatic heterocycles. The van der Waals surface area contributed by atoms with Gasteiger partial charge in [-0.05, 0) is 32.4 Å². The molecule has 0 radical (unpaired) electrons. The van der Waals surface area contributed by atoms with E-state index in [-0.39, 0.29) is 5.91 Å². The Morgan fingerprint density at radius 1 is 1.69 bits per heavy atom. The van der Waals surface area contributed by atoms with Gasteiger partial charge in [-0.1, -0.05) is 6.92 Å². The van der Waals surface area contributed by atoms with Gasteiger partial charge in [0, 0.05) is 17.6 Å². The van der Waals surface area contributed by atoms with Crippen LogP contribution in [0.3, 0.4) is 0 Å². The first-order valence-electron chi connectivity index (χ1n) is 5.17. The van der Waals surface area contributed by atoms with Crippen LogP contribution >= 0.6 is 0 Å². The average molecular weight is 217 g/mol. The summed E-state index contributed by atoms with van der Waals surface area (Å²) < 4.78 is 0. The minimum Gasteiger partial charge on any atom is -0.325 e. The molecule has 4 nitrogen and oxygen atoms in total. The van der Waals surface area contributed by atoms with Crippen LogP contribution in [0.5, 0.6) is 0 Å². The van der Waals surface area contributed by atoms with Crippen molar-refractivity contribution in [1.29, 1.82) is 5.26 Å². The van der Waals surface area contributed by atoms with E-state index in [2.05, 4.69) is 10.3 Å². The van der Waals surface area contributed by atoms with Crippen molar-refractivity contribution >= 4 is 11.6 Å². The smallest absolute Gasteiger partial charge is 0.244 e. The van der Waals surface area contributed by atoms with Gasteiger partial charge < -0.3 is 5.32 Å². The highest BCUT2D eigenvalue weighted by Gasteiger charge is 2.31. The molecule has 0 aliphatic carbocycles. The first-order chi connectivity index (χ1) is 7.51. The summed E-state index contributed by atoms with van der Waals surface area (Å²) >= 11 is 0. The topological polar surface area (TPSA) is 65.8 Å². The maximum Gasteiger partial charge on any atom is 0.244 e. The Balaban J connectivity index is 2.83. The lowest BCUT2D eigenvalue weighted by molar-refractivity contribution is -0.122. The summed E-state index contributed by atoms with van der Waals surface area (Å²) in [6.07, 6.45) is 2.11. The van der Waals surface area contributed by atoms with Gasteiger partial charge in [-0.3, -0.25) is 9.78 Å². The van der Waals surface area contributed by atoms with Crippen molar-refractivity contribution in [2.75, 3.05) is 5.32 Å². The zero-order valence-corrected chi connectivity index (χ0v) is 9.74. The van der Waals surface area contributed by atoms with Gasteiger partial charge in [0.05, 0.1) is 6.07 Å². The van der Waals surface area contributed by atoms with E-state index in [1.54, 1.807) is 25.3 Å². The minimum absolute atomic E-state index is 0.275. The van der Waals surface area contributed by atoms with E-state index in [1.165, 1.54) is 0 Å². The number of amides is 1. The Morgan fingerprint density at radius 3 is 2.88 bits per heavy atom. The van der Waals surface area contributed by atoms with Gasteiger partial charge in [-0.2, -0.15) is 5.26 Å². The number of carbonyl (C=O) groups is 1. The average Bonchev–Trinajstić information content (AvgIpc) is 2.28. The molecule has 1 rings (SSSR count). The lowest BCUT2D eigenvalue weighted by Gasteiger charge is -2.18. The molecule has 1 aromatic heterocycles. The second-order valence-corrected chi connectivity index (χ2v) is 3.94. The summed E-state index contributed by atoms with van der Waals surface area (Å²) in [4.78, 5) is 15.9.